The molecule has 8 heteroatoms. The fourth-order valence-electron chi connectivity index (χ4n) is 3.31. The van der Waals surface area contributed by atoms with Gasteiger partial charge < -0.3 is 15.1 Å². The molecule has 2 N–H and O–H groups in total. The lowest BCUT2D eigenvalue weighted by molar-refractivity contribution is 0.317. The van der Waals surface area contributed by atoms with Gasteiger partial charge in [-0.25, -0.2) is 8.42 Å². The van der Waals surface area contributed by atoms with Crippen LogP contribution in [0.5, 0.6) is 0 Å². The summed E-state index contributed by atoms with van der Waals surface area (Å²) >= 11 is 5.51. The lowest BCUT2D eigenvalue weighted by atomic mass is 9.94. The van der Waals surface area contributed by atoms with Gasteiger partial charge in [-0.1, -0.05) is 18.9 Å². The molecular formula is C18H23N3O3S2. The van der Waals surface area contributed by atoms with Gasteiger partial charge in [-0.15, -0.1) is 0 Å². The molecule has 1 aliphatic rings. The van der Waals surface area contributed by atoms with Crippen LogP contribution in [0.25, 0.3) is 0 Å². The smallest absolute Gasteiger partial charge is 0.231 e. The van der Waals surface area contributed by atoms with Gasteiger partial charge in [-0.2, -0.15) is 0 Å². The molecule has 2 aromatic rings. The molecule has 1 aromatic heterocycles. The van der Waals surface area contributed by atoms with Gasteiger partial charge in [0.05, 0.1) is 23.7 Å². The molecule has 1 aromatic carbocycles. The second-order valence-electron chi connectivity index (χ2n) is 6.63. The topological polar surface area (TPSA) is 74.6 Å². The van der Waals surface area contributed by atoms with Gasteiger partial charge in [0.2, 0.25) is 10.0 Å². The van der Waals surface area contributed by atoms with Crippen molar-refractivity contribution in [1.29, 1.82) is 0 Å². The van der Waals surface area contributed by atoms with Crippen LogP contribution in [0.1, 0.15) is 31.4 Å². The second-order valence-corrected chi connectivity index (χ2v) is 9.05. The first-order valence-corrected chi connectivity index (χ1v) is 10.7. The molecular weight excluding hydrogens is 370 g/mol. The quantitative estimate of drug-likeness (QED) is 0.758. The molecule has 1 aliphatic carbocycles. The zero-order chi connectivity index (χ0) is 18.8. The monoisotopic (exact) mass is 393 g/mol. The zero-order valence-electron chi connectivity index (χ0n) is 14.9. The van der Waals surface area contributed by atoms with E-state index in [-0.39, 0.29) is 5.54 Å². The van der Waals surface area contributed by atoms with Crippen LogP contribution < -0.4 is 14.9 Å². The average Bonchev–Trinajstić information content (AvgIpc) is 3.25. The van der Waals surface area contributed by atoms with Crippen molar-refractivity contribution < 1.29 is 12.8 Å². The number of thiocarbonyl (C=S) groups is 1. The Bertz CT molecular complexity index is 873. The normalized spacial score (nSPS) is 16.2. The molecule has 6 nitrogen and oxygen atoms in total. The standard InChI is InChI=1S/C18H23N3O3S2/c1-21(26(2,22)23)15-8-5-7-14(13-15)19-17(25)20-18(10-3-4-11-18)16-9-6-12-24-16/h5-9,12-13H,3-4,10-11H2,1-2H3,(H2,19,20,25). The highest BCUT2D eigenvalue weighted by atomic mass is 32.2. The fraction of sp³-hybridized carbons (Fsp3) is 0.389. The van der Waals surface area contributed by atoms with Crippen LogP contribution >= 0.6 is 12.2 Å². The van der Waals surface area contributed by atoms with E-state index >= 15 is 0 Å². The lowest BCUT2D eigenvalue weighted by Crippen LogP contribution is -2.45. The third kappa shape index (κ3) is 4.02. The molecule has 1 heterocycles. The Hall–Kier alpha value is -2.06. The Morgan fingerprint density at radius 3 is 2.58 bits per heavy atom. The fourth-order valence-corrected chi connectivity index (χ4v) is 4.12. The summed E-state index contributed by atoms with van der Waals surface area (Å²) in [6.45, 7) is 0. The Morgan fingerprint density at radius 1 is 1.23 bits per heavy atom. The largest absolute Gasteiger partial charge is 0.467 e. The van der Waals surface area contributed by atoms with E-state index in [4.69, 9.17) is 16.6 Å². The molecule has 0 atom stereocenters. The van der Waals surface area contributed by atoms with Gasteiger partial charge >= 0.3 is 0 Å². The van der Waals surface area contributed by atoms with Crippen molar-refractivity contribution in [2.45, 2.75) is 31.2 Å². The zero-order valence-corrected chi connectivity index (χ0v) is 16.5. The first kappa shape index (κ1) is 18.7. The summed E-state index contributed by atoms with van der Waals surface area (Å²) in [5.74, 6) is 0.893. The molecule has 1 fully saturated rings. The van der Waals surface area contributed by atoms with Crippen molar-refractivity contribution in [3.05, 3.63) is 48.4 Å². The highest BCUT2D eigenvalue weighted by Gasteiger charge is 2.38. The maximum absolute atomic E-state index is 11.7. The van der Waals surface area contributed by atoms with Crippen LogP contribution in [-0.4, -0.2) is 26.8 Å². The van der Waals surface area contributed by atoms with Crippen molar-refractivity contribution in [3.8, 4) is 0 Å². The number of anilines is 2. The van der Waals surface area contributed by atoms with Gasteiger partial charge in [0, 0.05) is 12.7 Å². The van der Waals surface area contributed by atoms with Gasteiger partial charge in [-0.3, -0.25) is 4.31 Å². The van der Waals surface area contributed by atoms with Crippen molar-refractivity contribution in [2.75, 3.05) is 22.9 Å². The predicted octanol–water partition coefficient (Wildman–Crippen LogP) is 3.43. The minimum atomic E-state index is -3.31. The number of hydrogen-bond acceptors (Lipinski definition) is 4. The molecule has 0 unspecified atom stereocenters. The summed E-state index contributed by atoms with van der Waals surface area (Å²) in [6, 6.07) is 11.0. The Balaban J connectivity index is 1.74. The number of hydrogen-bond donors (Lipinski definition) is 2. The van der Waals surface area contributed by atoms with Crippen molar-refractivity contribution >= 4 is 38.7 Å². The van der Waals surface area contributed by atoms with Crippen molar-refractivity contribution in [2.24, 2.45) is 0 Å². The Kier molecular flexibility index (Phi) is 5.24. The number of nitrogens with one attached hydrogen (secondary N) is 2. The molecule has 0 radical (unpaired) electrons. The predicted molar refractivity (Wildman–Crippen MR) is 108 cm³/mol. The average molecular weight is 394 g/mol. The molecule has 140 valence electrons. The highest BCUT2D eigenvalue weighted by molar-refractivity contribution is 7.92. The van der Waals surface area contributed by atoms with Gasteiger partial charge in [0.1, 0.15) is 5.76 Å². The summed E-state index contributed by atoms with van der Waals surface area (Å²) < 4.78 is 30.3. The number of furan rings is 1. The Labute approximate surface area is 159 Å². The van der Waals surface area contributed by atoms with Crippen molar-refractivity contribution in [1.82, 2.24) is 5.32 Å². The summed E-state index contributed by atoms with van der Waals surface area (Å²) in [6.07, 6.45) is 7.00. The minimum absolute atomic E-state index is 0.283. The third-order valence-electron chi connectivity index (χ3n) is 4.77. The maximum Gasteiger partial charge on any atom is 0.231 e. The minimum Gasteiger partial charge on any atom is -0.467 e. The van der Waals surface area contributed by atoms with E-state index in [1.165, 1.54) is 17.6 Å². The van der Waals surface area contributed by atoms with Gasteiger partial charge in [0.15, 0.2) is 5.11 Å². The van der Waals surface area contributed by atoms with Crippen LogP contribution in [0.3, 0.4) is 0 Å². The van der Waals surface area contributed by atoms with Gasteiger partial charge in [0.25, 0.3) is 0 Å². The second kappa shape index (κ2) is 7.28. The summed E-state index contributed by atoms with van der Waals surface area (Å²) in [7, 11) is -1.79. The molecule has 0 amide bonds. The van der Waals surface area contributed by atoms with Crippen molar-refractivity contribution in [3.63, 3.8) is 0 Å². The number of nitrogens with zero attached hydrogens (tertiary/aromatic N) is 1. The highest BCUT2D eigenvalue weighted by Crippen LogP contribution is 2.39. The van der Waals surface area contributed by atoms with E-state index < -0.39 is 10.0 Å². The van der Waals surface area contributed by atoms with E-state index in [1.54, 1.807) is 24.5 Å². The van der Waals surface area contributed by atoms with E-state index in [0.717, 1.165) is 37.1 Å². The first-order valence-electron chi connectivity index (χ1n) is 8.47. The maximum atomic E-state index is 11.7. The van der Waals surface area contributed by atoms with E-state index in [0.29, 0.717) is 10.8 Å². The molecule has 0 spiro atoms. The number of rotatable bonds is 5. The SMILES string of the molecule is CN(c1cccc(NC(=S)NC2(c3ccco3)CCCC2)c1)S(C)(=O)=O. The first-order chi connectivity index (χ1) is 12.3. The van der Waals surface area contributed by atoms with Crippen LogP contribution in [0.2, 0.25) is 0 Å². The van der Waals surface area contributed by atoms with Crippen LogP contribution in [0, 0.1) is 0 Å². The summed E-state index contributed by atoms with van der Waals surface area (Å²) in [4.78, 5) is 0. The molecule has 0 bridgehead atoms. The van der Waals surface area contributed by atoms with Gasteiger partial charge in [-0.05, 0) is 55.4 Å². The molecule has 0 saturated heterocycles. The van der Waals surface area contributed by atoms with E-state index in [9.17, 15) is 8.42 Å². The third-order valence-corrected chi connectivity index (χ3v) is 6.18. The van der Waals surface area contributed by atoms with Crippen LogP contribution in [0.15, 0.2) is 47.1 Å². The molecule has 26 heavy (non-hydrogen) atoms. The lowest BCUT2D eigenvalue weighted by Gasteiger charge is -2.30. The van der Waals surface area contributed by atoms with Crippen LogP contribution in [-0.2, 0) is 15.6 Å². The molecule has 3 rings (SSSR count). The number of sulfonamides is 1. The van der Waals surface area contributed by atoms with Crippen LogP contribution in [0.4, 0.5) is 11.4 Å². The number of benzene rings is 1. The summed E-state index contributed by atoms with van der Waals surface area (Å²) in [5, 5.41) is 7.06. The molecule has 1 saturated carbocycles. The van der Waals surface area contributed by atoms with E-state index in [2.05, 4.69) is 10.6 Å². The van der Waals surface area contributed by atoms with E-state index in [1.807, 2.05) is 18.2 Å². The summed E-state index contributed by atoms with van der Waals surface area (Å²) in [5.41, 5.74) is 1.01. The Morgan fingerprint density at radius 2 is 1.96 bits per heavy atom. The molecule has 0 aliphatic heterocycles.